The molecule has 1 aromatic rings. The van der Waals surface area contributed by atoms with Crippen molar-refractivity contribution in [2.75, 3.05) is 12.3 Å². The van der Waals surface area contributed by atoms with Crippen LogP contribution in [-0.4, -0.2) is 24.4 Å². The van der Waals surface area contributed by atoms with Crippen molar-refractivity contribution in [3.63, 3.8) is 0 Å². The van der Waals surface area contributed by atoms with Crippen LogP contribution in [-0.2, 0) is 16.0 Å². The number of amides is 2. The van der Waals surface area contributed by atoms with Crippen molar-refractivity contribution in [3.8, 4) is 0 Å². The lowest BCUT2D eigenvalue weighted by molar-refractivity contribution is -0.122. The third-order valence-corrected chi connectivity index (χ3v) is 2.97. The number of benzene rings is 1. The Kier molecular flexibility index (Phi) is 7.29. The highest BCUT2D eigenvalue weighted by Gasteiger charge is 2.06. The van der Waals surface area contributed by atoms with Crippen LogP contribution in [0.5, 0.6) is 0 Å². The zero-order valence-electron chi connectivity index (χ0n) is 12.8. The summed E-state index contributed by atoms with van der Waals surface area (Å²) < 4.78 is 0. The van der Waals surface area contributed by atoms with Crippen molar-refractivity contribution in [1.82, 2.24) is 10.6 Å². The van der Waals surface area contributed by atoms with Gasteiger partial charge in [-0.2, -0.15) is 0 Å². The fourth-order valence-electron chi connectivity index (χ4n) is 1.92. The smallest absolute Gasteiger partial charge is 0.220 e. The molecule has 0 unspecified atom stereocenters. The normalized spacial score (nSPS) is 10.4. The predicted octanol–water partition coefficient (Wildman–Crippen LogP) is 1.62. The van der Waals surface area contributed by atoms with E-state index >= 15 is 0 Å². The van der Waals surface area contributed by atoms with Gasteiger partial charge < -0.3 is 16.4 Å². The molecule has 0 radical (unpaired) electrons. The molecular weight excluding hydrogens is 266 g/mol. The van der Waals surface area contributed by atoms with E-state index in [9.17, 15) is 9.59 Å². The quantitative estimate of drug-likeness (QED) is 0.636. The number of hydrogen-bond acceptors (Lipinski definition) is 3. The van der Waals surface area contributed by atoms with Gasteiger partial charge in [0.15, 0.2) is 0 Å². The first kappa shape index (κ1) is 17.0. The molecule has 4 N–H and O–H groups in total. The van der Waals surface area contributed by atoms with E-state index in [0.717, 1.165) is 17.7 Å². The van der Waals surface area contributed by atoms with Gasteiger partial charge in [0.25, 0.3) is 0 Å². The Bertz CT molecular complexity index is 455. The minimum atomic E-state index is -0.0113. The minimum absolute atomic E-state index is 0.000302. The molecule has 21 heavy (non-hydrogen) atoms. The van der Waals surface area contributed by atoms with E-state index in [0.29, 0.717) is 25.8 Å². The van der Waals surface area contributed by atoms with Crippen LogP contribution in [0.15, 0.2) is 24.3 Å². The lowest BCUT2D eigenvalue weighted by Crippen LogP contribution is -2.30. The molecule has 0 aliphatic heterocycles. The highest BCUT2D eigenvalue weighted by molar-refractivity contribution is 5.78. The minimum Gasteiger partial charge on any atom is -0.399 e. The second-order valence-corrected chi connectivity index (χ2v) is 5.42. The molecular formula is C16H25N3O2. The number of anilines is 1. The summed E-state index contributed by atoms with van der Waals surface area (Å²) in [4.78, 5) is 23.0. The largest absolute Gasteiger partial charge is 0.399 e. The van der Waals surface area contributed by atoms with E-state index in [1.807, 2.05) is 38.1 Å². The lowest BCUT2D eigenvalue weighted by Gasteiger charge is -2.08. The van der Waals surface area contributed by atoms with Crippen LogP contribution in [0.4, 0.5) is 5.69 Å². The van der Waals surface area contributed by atoms with Gasteiger partial charge in [0, 0.05) is 31.1 Å². The number of nitrogen functional groups attached to an aromatic ring is 1. The molecule has 0 heterocycles. The Morgan fingerprint density at radius 1 is 1.10 bits per heavy atom. The fourth-order valence-corrected chi connectivity index (χ4v) is 1.92. The SMILES string of the molecule is CC(C)NC(=O)CCCC(=O)NCCc1ccc(N)cc1. The van der Waals surface area contributed by atoms with E-state index in [1.54, 1.807) is 0 Å². The van der Waals surface area contributed by atoms with E-state index in [1.165, 1.54) is 0 Å². The number of carbonyl (C=O) groups is 2. The average Bonchev–Trinajstić information content (AvgIpc) is 2.40. The number of hydrogen-bond donors (Lipinski definition) is 3. The first-order valence-electron chi connectivity index (χ1n) is 7.38. The van der Waals surface area contributed by atoms with Gasteiger partial charge in [-0.1, -0.05) is 12.1 Å². The maximum absolute atomic E-state index is 11.6. The molecule has 0 spiro atoms. The third-order valence-electron chi connectivity index (χ3n) is 2.97. The number of nitrogens with two attached hydrogens (primary N) is 1. The highest BCUT2D eigenvalue weighted by Crippen LogP contribution is 2.05. The van der Waals surface area contributed by atoms with E-state index in [-0.39, 0.29) is 17.9 Å². The summed E-state index contributed by atoms with van der Waals surface area (Å²) in [6, 6.07) is 7.76. The van der Waals surface area contributed by atoms with E-state index in [4.69, 9.17) is 5.73 Å². The van der Waals surface area contributed by atoms with Crippen LogP contribution in [0.25, 0.3) is 0 Å². The van der Waals surface area contributed by atoms with Crippen LogP contribution in [0.3, 0.4) is 0 Å². The van der Waals surface area contributed by atoms with Crippen molar-refractivity contribution in [2.24, 2.45) is 0 Å². The summed E-state index contributed by atoms with van der Waals surface area (Å²) >= 11 is 0. The molecule has 0 aliphatic rings. The zero-order chi connectivity index (χ0) is 15.7. The molecule has 0 atom stereocenters. The highest BCUT2D eigenvalue weighted by atomic mass is 16.2. The maximum atomic E-state index is 11.6. The molecule has 0 fully saturated rings. The molecule has 1 rings (SSSR count). The Morgan fingerprint density at radius 2 is 1.71 bits per heavy atom. The molecule has 0 aromatic heterocycles. The second-order valence-electron chi connectivity index (χ2n) is 5.42. The number of carbonyl (C=O) groups excluding carboxylic acids is 2. The van der Waals surface area contributed by atoms with Crippen LogP contribution < -0.4 is 16.4 Å². The summed E-state index contributed by atoms with van der Waals surface area (Å²) in [5.74, 6) is -0.0116. The van der Waals surface area contributed by atoms with Gasteiger partial charge in [-0.15, -0.1) is 0 Å². The van der Waals surface area contributed by atoms with E-state index in [2.05, 4.69) is 10.6 Å². The summed E-state index contributed by atoms with van der Waals surface area (Å²) in [5, 5.41) is 5.66. The van der Waals surface area contributed by atoms with Gasteiger partial charge >= 0.3 is 0 Å². The number of rotatable bonds is 8. The number of nitrogens with one attached hydrogen (secondary N) is 2. The van der Waals surface area contributed by atoms with Crippen LogP contribution in [0, 0.1) is 0 Å². The molecule has 5 heteroatoms. The fraction of sp³-hybridized carbons (Fsp3) is 0.500. The van der Waals surface area contributed by atoms with Gasteiger partial charge in [-0.25, -0.2) is 0 Å². The Hall–Kier alpha value is -2.04. The second kappa shape index (κ2) is 9.00. The molecule has 5 nitrogen and oxygen atoms in total. The zero-order valence-corrected chi connectivity index (χ0v) is 12.8. The Balaban J connectivity index is 2.11. The summed E-state index contributed by atoms with van der Waals surface area (Å²) in [7, 11) is 0. The maximum Gasteiger partial charge on any atom is 0.220 e. The topological polar surface area (TPSA) is 84.2 Å². The van der Waals surface area contributed by atoms with Gasteiger partial charge in [0.05, 0.1) is 0 Å². The van der Waals surface area contributed by atoms with Crippen molar-refractivity contribution < 1.29 is 9.59 Å². The van der Waals surface area contributed by atoms with Gasteiger partial charge in [0.1, 0.15) is 0 Å². The third kappa shape index (κ3) is 7.97. The molecule has 2 amide bonds. The molecule has 0 saturated heterocycles. The average molecular weight is 291 g/mol. The van der Waals surface area contributed by atoms with Crippen LogP contribution in [0.2, 0.25) is 0 Å². The van der Waals surface area contributed by atoms with Gasteiger partial charge in [0.2, 0.25) is 11.8 Å². The summed E-state index contributed by atoms with van der Waals surface area (Å²) in [5.41, 5.74) is 7.49. The molecule has 0 aliphatic carbocycles. The van der Waals surface area contributed by atoms with Gasteiger partial charge in [-0.3, -0.25) is 9.59 Å². The predicted molar refractivity (Wildman–Crippen MR) is 84.7 cm³/mol. The van der Waals surface area contributed by atoms with Gasteiger partial charge in [-0.05, 0) is 44.4 Å². The monoisotopic (exact) mass is 291 g/mol. The summed E-state index contributed by atoms with van der Waals surface area (Å²) in [6.07, 6.45) is 2.13. The van der Waals surface area contributed by atoms with Crippen molar-refractivity contribution in [3.05, 3.63) is 29.8 Å². The van der Waals surface area contributed by atoms with Crippen molar-refractivity contribution >= 4 is 17.5 Å². The molecule has 1 aromatic carbocycles. The molecule has 0 bridgehead atoms. The standard InChI is InChI=1S/C16H25N3O2/c1-12(2)19-16(21)5-3-4-15(20)18-11-10-13-6-8-14(17)9-7-13/h6-9,12H,3-5,10-11,17H2,1-2H3,(H,18,20)(H,19,21). The Morgan fingerprint density at radius 3 is 2.33 bits per heavy atom. The first-order chi connectivity index (χ1) is 9.97. The van der Waals surface area contributed by atoms with Crippen molar-refractivity contribution in [1.29, 1.82) is 0 Å². The lowest BCUT2D eigenvalue weighted by atomic mass is 10.1. The Labute approximate surface area is 126 Å². The van der Waals surface area contributed by atoms with E-state index < -0.39 is 0 Å². The van der Waals surface area contributed by atoms with Crippen molar-refractivity contribution in [2.45, 2.75) is 45.6 Å². The molecule has 116 valence electrons. The molecule has 0 saturated carbocycles. The summed E-state index contributed by atoms with van der Waals surface area (Å²) in [6.45, 7) is 4.44. The first-order valence-corrected chi connectivity index (χ1v) is 7.38. The van der Waals surface area contributed by atoms with Crippen LogP contribution in [0.1, 0.15) is 38.7 Å². The van der Waals surface area contributed by atoms with Crippen LogP contribution >= 0.6 is 0 Å².